The van der Waals surface area contributed by atoms with Crippen LogP contribution in [-0.4, -0.2) is 97.4 Å². The Labute approximate surface area is 243 Å². The van der Waals surface area contributed by atoms with Crippen LogP contribution in [-0.2, 0) is 29.3 Å². The number of rotatable bonds is 15. The fourth-order valence-electron chi connectivity index (χ4n) is 3.59. The van der Waals surface area contributed by atoms with Crippen molar-refractivity contribution in [3.63, 3.8) is 0 Å². The topological polar surface area (TPSA) is 123 Å². The highest BCUT2D eigenvalue weighted by Crippen LogP contribution is 2.68. The third-order valence-corrected chi connectivity index (χ3v) is 12.4. The molecule has 0 aliphatic rings. The molecule has 0 fully saturated rings. The van der Waals surface area contributed by atoms with Crippen LogP contribution in [0.25, 0.3) is 10.6 Å². The molecule has 1 unspecified atom stereocenters. The number of ether oxygens (including phenoxy) is 1. The Morgan fingerprint density at radius 1 is 0.925 bits per heavy atom. The van der Waals surface area contributed by atoms with Gasteiger partial charge >= 0.3 is 7.82 Å². The molecule has 0 amide bonds. The van der Waals surface area contributed by atoms with Crippen LogP contribution in [0.1, 0.15) is 21.4 Å². The average molecular weight is 634 g/mol. The molecule has 13 nitrogen and oxygen atoms in total. The lowest BCUT2D eigenvalue weighted by atomic mass is 10.2. The van der Waals surface area contributed by atoms with Crippen molar-refractivity contribution < 1.29 is 27.6 Å². The third-order valence-electron chi connectivity index (χ3n) is 5.33. The number of nitrogens with zero attached hydrogens (tertiary/aromatic N) is 7. The van der Waals surface area contributed by atoms with E-state index in [1.807, 2.05) is 19.1 Å². The van der Waals surface area contributed by atoms with Gasteiger partial charge in [-0.25, -0.2) is 23.9 Å². The summed E-state index contributed by atoms with van der Waals surface area (Å²) in [5, 5.41) is 5.33. The van der Waals surface area contributed by atoms with E-state index in [2.05, 4.69) is 9.97 Å². The number of phosphoric acid groups is 1. The summed E-state index contributed by atoms with van der Waals surface area (Å²) in [6.45, 7) is 2.37. The maximum Gasteiger partial charge on any atom is 0.509 e. The van der Waals surface area contributed by atoms with Crippen molar-refractivity contribution in [2.75, 3.05) is 63.0 Å². The lowest BCUT2D eigenvalue weighted by Crippen LogP contribution is -2.28. The van der Waals surface area contributed by atoms with Crippen molar-refractivity contribution >= 4 is 37.9 Å². The Bertz CT molecular complexity index is 1310. The van der Waals surface area contributed by atoms with Crippen molar-refractivity contribution in [1.29, 1.82) is 0 Å². The normalized spacial score (nSPS) is 13.6. The highest BCUT2D eigenvalue weighted by atomic mass is 32.1. The molecule has 3 heterocycles. The number of pyridine rings is 1. The van der Waals surface area contributed by atoms with E-state index in [-0.39, 0.29) is 0 Å². The molecule has 222 valence electrons. The van der Waals surface area contributed by atoms with E-state index in [1.54, 1.807) is 85.5 Å². The van der Waals surface area contributed by atoms with E-state index in [9.17, 15) is 9.13 Å². The zero-order valence-corrected chi connectivity index (χ0v) is 27.6. The number of thiazole rings is 2. The van der Waals surface area contributed by atoms with Crippen LogP contribution >= 0.6 is 37.9 Å². The van der Waals surface area contributed by atoms with Gasteiger partial charge in [0, 0.05) is 57.4 Å². The summed E-state index contributed by atoms with van der Waals surface area (Å²) in [5.41, 5.74) is 1.96. The second-order valence-electron chi connectivity index (χ2n) is 9.36. The summed E-state index contributed by atoms with van der Waals surface area (Å²) in [4.78, 5) is 14.5. The zero-order chi connectivity index (χ0) is 29.7. The summed E-state index contributed by atoms with van der Waals surface area (Å²) < 4.78 is 53.7. The molecule has 40 heavy (non-hydrogen) atoms. The molecule has 0 saturated carbocycles. The van der Waals surface area contributed by atoms with Gasteiger partial charge in [-0.3, -0.25) is 14.1 Å². The van der Waals surface area contributed by atoms with Crippen molar-refractivity contribution in [3.05, 3.63) is 45.5 Å². The molecule has 3 aromatic heterocycles. The Kier molecular flexibility index (Phi) is 11.5. The van der Waals surface area contributed by atoms with Crippen LogP contribution in [0.5, 0.6) is 5.88 Å². The molecule has 3 aromatic rings. The number of hydrogen-bond donors (Lipinski definition) is 0. The summed E-state index contributed by atoms with van der Waals surface area (Å²) in [7, 11) is 5.01. The van der Waals surface area contributed by atoms with Crippen LogP contribution in [0.15, 0.2) is 29.9 Å². The predicted octanol–water partition coefficient (Wildman–Crippen LogP) is 5.02. The smallest absolute Gasteiger partial charge is 0.477 e. The first-order valence-corrected chi connectivity index (χ1v) is 17.0. The number of hydrogen-bond acceptors (Lipinski definition) is 13. The van der Waals surface area contributed by atoms with Crippen molar-refractivity contribution in [3.8, 4) is 16.5 Å². The molecule has 0 N–H and O–H groups in total. The van der Waals surface area contributed by atoms with Crippen LogP contribution in [0, 0.1) is 6.92 Å². The Morgan fingerprint density at radius 3 is 2.08 bits per heavy atom. The molecule has 0 aliphatic carbocycles. The maximum atomic E-state index is 14.3. The molecule has 0 saturated heterocycles. The Morgan fingerprint density at radius 2 is 1.52 bits per heavy atom. The van der Waals surface area contributed by atoms with E-state index >= 15 is 0 Å². The van der Waals surface area contributed by atoms with Crippen LogP contribution in [0.2, 0.25) is 0 Å². The molecule has 0 aliphatic heterocycles. The maximum absolute atomic E-state index is 14.3. The van der Waals surface area contributed by atoms with E-state index in [0.29, 0.717) is 23.9 Å². The minimum atomic E-state index is -4.27. The number of aryl methyl sites for hydroxylation is 1. The summed E-state index contributed by atoms with van der Waals surface area (Å²) in [6.07, 6.45) is 4.07. The highest BCUT2D eigenvalue weighted by Gasteiger charge is 2.48. The monoisotopic (exact) mass is 633 g/mol. The van der Waals surface area contributed by atoms with Crippen LogP contribution < -0.4 is 4.74 Å². The van der Waals surface area contributed by atoms with Gasteiger partial charge in [-0.15, -0.1) is 22.7 Å². The van der Waals surface area contributed by atoms with Crippen LogP contribution in [0.4, 0.5) is 0 Å². The number of aromatic nitrogens is 3. The molecular weight excluding hydrogens is 596 g/mol. The van der Waals surface area contributed by atoms with Gasteiger partial charge in [-0.2, -0.15) is 19.4 Å². The largest absolute Gasteiger partial charge is 0.509 e. The minimum absolute atomic E-state index is 0.301. The SMILES string of the molecule is Cc1sc(-c2ccncc2)nc1CCOc1csc(C(OP(=O)(ON(C)C)ON(C)C)P(=O)(N(C)C)N(C)C)n1. The van der Waals surface area contributed by atoms with Gasteiger partial charge in [0.05, 0.1) is 17.7 Å². The van der Waals surface area contributed by atoms with Crippen molar-refractivity contribution in [2.45, 2.75) is 19.2 Å². The quantitative estimate of drug-likeness (QED) is 0.165. The van der Waals surface area contributed by atoms with E-state index in [0.717, 1.165) is 21.1 Å². The van der Waals surface area contributed by atoms with E-state index in [1.165, 1.54) is 30.8 Å². The number of hydroxylamine groups is 4. The van der Waals surface area contributed by atoms with Crippen molar-refractivity contribution in [2.24, 2.45) is 0 Å². The van der Waals surface area contributed by atoms with Gasteiger partial charge in [0.15, 0.2) is 5.85 Å². The molecular formula is C23H37N7O6P2S2. The highest BCUT2D eigenvalue weighted by molar-refractivity contribution is 7.60. The predicted molar refractivity (Wildman–Crippen MR) is 157 cm³/mol. The van der Waals surface area contributed by atoms with Crippen LogP contribution in [0.3, 0.4) is 0 Å². The molecule has 0 radical (unpaired) electrons. The summed E-state index contributed by atoms with van der Waals surface area (Å²) >= 11 is 2.80. The van der Waals surface area contributed by atoms with Gasteiger partial charge in [-0.1, -0.05) is 0 Å². The summed E-state index contributed by atoms with van der Waals surface area (Å²) in [6, 6.07) is 3.86. The van der Waals surface area contributed by atoms with Crippen molar-refractivity contribution in [1.82, 2.24) is 34.4 Å². The zero-order valence-electron chi connectivity index (χ0n) is 24.2. The van der Waals surface area contributed by atoms with Gasteiger partial charge in [0.1, 0.15) is 10.0 Å². The lowest BCUT2D eigenvalue weighted by molar-refractivity contribution is -0.109. The van der Waals surface area contributed by atoms with Gasteiger partial charge < -0.3 is 4.74 Å². The summed E-state index contributed by atoms with van der Waals surface area (Å²) in [5.74, 6) is -0.939. The van der Waals surface area contributed by atoms with E-state index < -0.39 is 21.1 Å². The fraction of sp³-hybridized carbons (Fsp3) is 0.522. The average Bonchev–Trinajstić information content (AvgIpc) is 3.48. The van der Waals surface area contributed by atoms with Gasteiger partial charge in [0.25, 0.3) is 7.44 Å². The second kappa shape index (κ2) is 14.0. The van der Waals surface area contributed by atoms with E-state index in [4.69, 9.17) is 23.5 Å². The first-order chi connectivity index (χ1) is 18.7. The van der Waals surface area contributed by atoms with Gasteiger partial charge in [0.2, 0.25) is 5.88 Å². The Hall–Kier alpha value is -1.61. The second-order valence-corrected chi connectivity index (χ2v) is 16.1. The Balaban J connectivity index is 1.82. The molecule has 17 heteroatoms. The van der Waals surface area contributed by atoms with Gasteiger partial charge in [-0.05, 0) is 47.2 Å². The molecule has 0 spiro atoms. The minimum Gasteiger partial charge on any atom is -0.477 e. The standard InChI is InChI=1S/C23H37N7O6P2S2/c1-17-19(25-21(40-17)18-10-13-24-14-11-18)12-15-33-20-16-39-22(26-20)23(37(31,29(6)7)30(8)9)34-38(32,35-27(2)3)36-28(4)5/h10-11,13-14,16,23H,12,15H2,1-9H3. The lowest BCUT2D eigenvalue weighted by Gasteiger charge is -2.36. The third kappa shape index (κ3) is 8.24. The first-order valence-electron chi connectivity index (χ1n) is 12.2. The molecule has 0 aromatic carbocycles. The molecule has 0 bridgehead atoms. The first kappa shape index (κ1) is 32.9. The molecule has 3 rings (SSSR count). The fourth-order valence-corrected chi connectivity index (χ4v) is 9.85. The molecule has 1 atom stereocenters.